The minimum absolute atomic E-state index is 0.169. The number of allylic oxidation sites excluding steroid dienone is 1. The van der Waals surface area contributed by atoms with Crippen LogP contribution < -0.4 is 10.6 Å². The number of esters is 2. The van der Waals surface area contributed by atoms with Crippen LogP contribution >= 0.6 is 23.2 Å². The van der Waals surface area contributed by atoms with E-state index in [1.54, 1.807) is 18.2 Å². The van der Waals surface area contributed by atoms with Crippen LogP contribution in [0.2, 0.25) is 10.0 Å². The van der Waals surface area contributed by atoms with E-state index in [0.717, 1.165) is 26.4 Å². The summed E-state index contributed by atoms with van der Waals surface area (Å²) >= 11 is 11.9. The molecular formula is C29H20Cl2F3N3O6S. The molecule has 2 N–H and O–H groups in total. The summed E-state index contributed by atoms with van der Waals surface area (Å²) in [5.74, 6) is -4.48. The van der Waals surface area contributed by atoms with Crippen molar-refractivity contribution in [2.75, 3.05) is 19.1 Å². The zero-order chi connectivity index (χ0) is 32.6. The fraction of sp³-hybridized carbons (Fsp3) is 0.138. The zero-order valence-electron chi connectivity index (χ0n) is 22.6. The molecule has 0 spiro atoms. The van der Waals surface area contributed by atoms with Gasteiger partial charge < -0.3 is 15.2 Å². The van der Waals surface area contributed by atoms with Gasteiger partial charge in [0.2, 0.25) is 9.84 Å². The molecule has 0 aliphatic carbocycles. The SMILES string of the molecule is COC(=O)C1=C(C(=O)OC)N(c2cc(C(F)(F)F)c(Cl)cc2S(=O)(=O)c2ccc(Cl)cc2)C(N)=C(C#N)C1c1ccccc1. The first kappa shape index (κ1) is 32.4. The average molecular weight is 666 g/mol. The maximum atomic E-state index is 14.2. The number of halogens is 5. The number of hydrogen-bond acceptors (Lipinski definition) is 9. The number of nitriles is 1. The van der Waals surface area contributed by atoms with Crippen molar-refractivity contribution in [2.45, 2.75) is 21.9 Å². The lowest BCUT2D eigenvalue weighted by atomic mass is 9.81. The molecule has 9 nitrogen and oxygen atoms in total. The molecule has 0 aromatic heterocycles. The first-order valence-electron chi connectivity index (χ1n) is 12.3. The normalized spacial score (nSPS) is 15.6. The molecular weight excluding hydrogens is 646 g/mol. The predicted octanol–water partition coefficient (Wildman–Crippen LogP) is 5.74. The van der Waals surface area contributed by atoms with Gasteiger partial charge in [-0.15, -0.1) is 0 Å². The van der Waals surface area contributed by atoms with Gasteiger partial charge >= 0.3 is 18.1 Å². The lowest BCUT2D eigenvalue weighted by Gasteiger charge is -2.37. The Balaban J connectivity index is 2.21. The van der Waals surface area contributed by atoms with Gasteiger partial charge in [-0.05, 0) is 42.0 Å². The predicted molar refractivity (Wildman–Crippen MR) is 153 cm³/mol. The van der Waals surface area contributed by atoms with Crippen LogP contribution in [0.1, 0.15) is 17.0 Å². The van der Waals surface area contributed by atoms with Crippen molar-refractivity contribution in [3.05, 3.63) is 111 Å². The van der Waals surface area contributed by atoms with E-state index in [1.165, 1.54) is 24.3 Å². The molecule has 1 aliphatic rings. The van der Waals surface area contributed by atoms with Gasteiger partial charge in [0.05, 0.1) is 63.4 Å². The van der Waals surface area contributed by atoms with Gasteiger partial charge in [-0.3, -0.25) is 4.90 Å². The van der Waals surface area contributed by atoms with Crippen LogP contribution in [0.3, 0.4) is 0 Å². The maximum absolute atomic E-state index is 14.2. The number of rotatable bonds is 6. The van der Waals surface area contributed by atoms with E-state index in [2.05, 4.69) is 0 Å². The van der Waals surface area contributed by atoms with Crippen LogP contribution in [0.5, 0.6) is 0 Å². The molecule has 3 aromatic rings. The molecule has 3 aromatic carbocycles. The minimum Gasteiger partial charge on any atom is -0.466 e. The largest absolute Gasteiger partial charge is 0.466 e. The number of alkyl halides is 3. The van der Waals surface area contributed by atoms with Crippen molar-refractivity contribution >= 4 is 50.7 Å². The highest BCUT2D eigenvalue weighted by Crippen LogP contribution is 2.48. The Morgan fingerprint density at radius 2 is 1.57 bits per heavy atom. The van der Waals surface area contributed by atoms with Crippen molar-refractivity contribution in [3.8, 4) is 6.07 Å². The third kappa shape index (κ3) is 5.71. The number of anilines is 1. The summed E-state index contributed by atoms with van der Waals surface area (Å²) in [5, 5.41) is 9.41. The van der Waals surface area contributed by atoms with Gasteiger partial charge in [-0.1, -0.05) is 53.5 Å². The Kier molecular flexibility index (Phi) is 9.01. The van der Waals surface area contributed by atoms with E-state index < -0.39 is 82.6 Å². The summed E-state index contributed by atoms with van der Waals surface area (Å²) in [6, 6.07) is 15.2. The summed E-state index contributed by atoms with van der Waals surface area (Å²) in [7, 11) is -2.84. The van der Waals surface area contributed by atoms with Crippen LogP contribution in [0.25, 0.3) is 0 Å². The molecule has 44 heavy (non-hydrogen) atoms. The number of carbonyl (C=O) groups excluding carboxylic acids is 2. The van der Waals surface area contributed by atoms with E-state index in [1.807, 2.05) is 6.07 Å². The summed E-state index contributed by atoms with van der Waals surface area (Å²) in [5.41, 5.74) is 2.62. The summed E-state index contributed by atoms with van der Waals surface area (Å²) in [4.78, 5) is 26.0. The molecule has 15 heteroatoms. The van der Waals surface area contributed by atoms with Crippen LogP contribution in [0.4, 0.5) is 18.9 Å². The zero-order valence-corrected chi connectivity index (χ0v) is 25.0. The van der Waals surface area contributed by atoms with Crippen molar-refractivity contribution in [1.29, 1.82) is 5.26 Å². The number of nitrogens with two attached hydrogens (primary N) is 1. The minimum atomic E-state index is -5.12. The summed E-state index contributed by atoms with van der Waals surface area (Å²) in [6.07, 6.45) is -5.12. The Morgan fingerprint density at radius 1 is 0.977 bits per heavy atom. The van der Waals surface area contributed by atoms with Crippen LogP contribution in [-0.2, 0) is 35.1 Å². The Morgan fingerprint density at radius 3 is 2.09 bits per heavy atom. The number of hydrogen-bond donors (Lipinski definition) is 1. The number of carbonyl (C=O) groups is 2. The molecule has 0 bridgehead atoms. The van der Waals surface area contributed by atoms with E-state index in [0.29, 0.717) is 17.0 Å². The molecule has 0 radical (unpaired) electrons. The van der Waals surface area contributed by atoms with Crippen LogP contribution in [0.15, 0.2) is 99.2 Å². The van der Waals surface area contributed by atoms with Crippen molar-refractivity contribution < 1.29 is 40.7 Å². The van der Waals surface area contributed by atoms with Gasteiger partial charge in [-0.2, -0.15) is 18.4 Å². The monoisotopic (exact) mass is 665 g/mol. The average Bonchev–Trinajstić information content (AvgIpc) is 2.99. The van der Waals surface area contributed by atoms with Gasteiger partial charge in [-0.25, -0.2) is 18.0 Å². The third-order valence-corrected chi connectivity index (χ3v) is 8.98. The number of methoxy groups -OCH3 is 2. The lowest BCUT2D eigenvalue weighted by Crippen LogP contribution is -2.41. The Bertz CT molecular complexity index is 1870. The second kappa shape index (κ2) is 12.2. The molecule has 0 saturated heterocycles. The van der Waals surface area contributed by atoms with Gasteiger partial charge in [0, 0.05) is 5.02 Å². The second-order valence-corrected chi connectivity index (χ2v) is 11.9. The molecule has 0 fully saturated rings. The molecule has 1 aliphatic heterocycles. The van der Waals surface area contributed by atoms with Crippen LogP contribution in [-0.4, -0.2) is 34.6 Å². The summed E-state index contributed by atoms with van der Waals surface area (Å²) < 4.78 is 80.1. The molecule has 4 rings (SSSR count). The van der Waals surface area contributed by atoms with E-state index in [4.69, 9.17) is 38.4 Å². The number of benzene rings is 3. The van der Waals surface area contributed by atoms with Crippen LogP contribution in [0, 0.1) is 11.3 Å². The van der Waals surface area contributed by atoms with Crippen molar-refractivity contribution in [1.82, 2.24) is 0 Å². The molecule has 0 saturated carbocycles. The maximum Gasteiger partial charge on any atom is 0.417 e. The third-order valence-electron chi connectivity index (χ3n) is 6.62. The highest BCUT2D eigenvalue weighted by atomic mass is 35.5. The smallest absolute Gasteiger partial charge is 0.417 e. The highest BCUT2D eigenvalue weighted by Gasteiger charge is 2.45. The number of sulfone groups is 1. The second-order valence-electron chi connectivity index (χ2n) is 9.09. The van der Waals surface area contributed by atoms with E-state index in [9.17, 15) is 36.4 Å². The number of ether oxygens (including phenoxy) is 2. The number of nitrogens with zero attached hydrogens (tertiary/aromatic N) is 2. The van der Waals surface area contributed by atoms with Crippen molar-refractivity contribution in [3.63, 3.8) is 0 Å². The standard InChI is InChI=1S/C29H20Cl2F3N3O6S/c1-42-27(38)24-23(15-6-4-3-5-7-15)18(14-35)26(36)37(25(24)28(39)43-2)21-12-19(29(32,33)34)20(31)13-22(21)44(40,41)17-10-8-16(30)9-11-17/h3-13,23H,36H2,1-2H3. The van der Waals surface area contributed by atoms with Crippen molar-refractivity contribution in [2.24, 2.45) is 5.73 Å². The topological polar surface area (TPSA) is 140 Å². The highest BCUT2D eigenvalue weighted by molar-refractivity contribution is 7.91. The Hall–Kier alpha value is -4.51. The van der Waals surface area contributed by atoms with E-state index in [-0.39, 0.29) is 10.6 Å². The molecule has 1 unspecified atom stereocenters. The molecule has 1 atom stereocenters. The first-order valence-corrected chi connectivity index (χ1v) is 14.5. The molecule has 228 valence electrons. The fourth-order valence-electron chi connectivity index (χ4n) is 4.66. The lowest BCUT2D eigenvalue weighted by molar-refractivity contribution is -0.139. The fourth-order valence-corrected chi connectivity index (χ4v) is 6.56. The van der Waals surface area contributed by atoms with Gasteiger partial charge in [0.15, 0.2) is 0 Å². The summed E-state index contributed by atoms with van der Waals surface area (Å²) in [6.45, 7) is 0. The van der Waals surface area contributed by atoms with Gasteiger partial charge in [0.25, 0.3) is 0 Å². The first-order chi connectivity index (χ1) is 20.7. The molecule has 0 amide bonds. The van der Waals surface area contributed by atoms with E-state index >= 15 is 0 Å². The quantitative estimate of drug-likeness (QED) is 0.326. The van der Waals surface area contributed by atoms with Gasteiger partial charge in [0.1, 0.15) is 11.5 Å². The Labute approximate surface area is 259 Å². The molecule has 1 heterocycles.